The van der Waals surface area contributed by atoms with Crippen molar-refractivity contribution in [2.45, 2.75) is 18.9 Å². The van der Waals surface area contributed by atoms with Gasteiger partial charge in [0.2, 0.25) is 0 Å². The van der Waals surface area contributed by atoms with Crippen LogP contribution in [-0.4, -0.2) is 44.3 Å². The van der Waals surface area contributed by atoms with E-state index in [1.165, 1.54) is 26.5 Å². The molecule has 5 nitrogen and oxygen atoms in total. The van der Waals surface area contributed by atoms with E-state index in [1.54, 1.807) is 0 Å². The number of methoxy groups -OCH3 is 1. The normalized spacial score (nSPS) is 19.8. The summed E-state index contributed by atoms with van der Waals surface area (Å²) < 4.78 is 4.58. The van der Waals surface area contributed by atoms with Crippen molar-refractivity contribution in [1.29, 1.82) is 0 Å². The quantitative estimate of drug-likeness (QED) is 0.879. The van der Waals surface area contributed by atoms with Crippen molar-refractivity contribution in [3.05, 3.63) is 24.3 Å². The summed E-state index contributed by atoms with van der Waals surface area (Å²) in [6.07, 6.45) is 1.95. The smallest absolute Gasteiger partial charge is 0.411 e. The molecule has 0 aliphatic carbocycles. The first kappa shape index (κ1) is 13.7. The Labute approximate surface area is 113 Å². The summed E-state index contributed by atoms with van der Waals surface area (Å²) in [5.74, 6) is 0. The molecule has 0 radical (unpaired) electrons. The van der Waals surface area contributed by atoms with E-state index < -0.39 is 6.09 Å². The number of likely N-dealkylation sites (N-methyl/N-ethyl adjacent to an activating group) is 1. The number of nitrogens with zero attached hydrogens (tertiary/aromatic N) is 1. The van der Waals surface area contributed by atoms with Crippen molar-refractivity contribution in [3.63, 3.8) is 0 Å². The summed E-state index contributed by atoms with van der Waals surface area (Å²) in [6, 6.07) is 8.16. The molecule has 0 spiro atoms. The molecule has 1 aliphatic heterocycles. The zero-order chi connectivity index (χ0) is 13.7. The maximum Gasteiger partial charge on any atom is 0.411 e. The van der Waals surface area contributed by atoms with Crippen molar-refractivity contribution < 1.29 is 9.53 Å². The molecule has 1 heterocycles. The van der Waals surface area contributed by atoms with Crippen LogP contribution in [-0.2, 0) is 4.74 Å². The second-order valence-electron chi connectivity index (χ2n) is 4.94. The maximum atomic E-state index is 11.2. The van der Waals surface area contributed by atoms with Crippen LogP contribution in [0, 0.1) is 0 Å². The van der Waals surface area contributed by atoms with Crippen LogP contribution in [0.4, 0.5) is 16.2 Å². The van der Waals surface area contributed by atoms with Crippen LogP contribution in [0.15, 0.2) is 24.3 Å². The minimum atomic E-state index is -0.449. The molecule has 19 heavy (non-hydrogen) atoms. The van der Waals surface area contributed by atoms with E-state index in [-0.39, 0.29) is 0 Å². The Balaban J connectivity index is 1.96. The third-order valence-electron chi connectivity index (χ3n) is 3.29. The number of rotatable bonds is 3. The Hall–Kier alpha value is -1.75. The molecule has 0 aromatic heterocycles. The summed E-state index contributed by atoms with van der Waals surface area (Å²) in [5, 5.41) is 6.18. The van der Waals surface area contributed by atoms with Crippen LogP contribution in [0.2, 0.25) is 0 Å². The predicted molar refractivity (Wildman–Crippen MR) is 76.6 cm³/mol. The molecule has 1 atom stereocenters. The topological polar surface area (TPSA) is 53.6 Å². The second kappa shape index (κ2) is 6.43. The number of anilines is 2. The highest BCUT2D eigenvalue weighted by Gasteiger charge is 2.16. The highest BCUT2D eigenvalue weighted by molar-refractivity contribution is 5.85. The Bertz CT molecular complexity index is 436. The lowest BCUT2D eigenvalue weighted by Gasteiger charge is -2.31. The van der Waals surface area contributed by atoms with Gasteiger partial charge in [-0.15, -0.1) is 0 Å². The molecule has 2 N–H and O–H groups in total. The zero-order valence-electron chi connectivity index (χ0n) is 11.5. The highest BCUT2D eigenvalue weighted by Crippen LogP contribution is 2.19. The second-order valence-corrected chi connectivity index (χ2v) is 4.94. The first-order valence-electron chi connectivity index (χ1n) is 6.57. The lowest BCUT2D eigenvalue weighted by atomic mass is 10.1. The summed E-state index contributed by atoms with van der Waals surface area (Å²) in [6.45, 7) is 2.22. The molecule has 1 aromatic rings. The van der Waals surface area contributed by atoms with E-state index in [0.717, 1.165) is 17.9 Å². The number of likely N-dealkylation sites (tertiary alicyclic amines) is 1. The average molecular weight is 263 g/mol. The fourth-order valence-corrected chi connectivity index (χ4v) is 2.38. The predicted octanol–water partition coefficient (Wildman–Crippen LogP) is 2.37. The Morgan fingerprint density at radius 2 is 2.21 bits per heavy atom. The third kappa shape index (κ3) is 4.13. The number of piperidine rings is 1. The highest BCUT2D eigenvalue weighted by atomic mass is 16.5. The van der Waals surface area contributed by atoms with E-state index in [4.69, 9.17) is 0 Å². The average Bonchev–Trinajstić information content (AvgIpc) is 2.39. The molecule has 5 heteroatoms. The molecule has 1 saturated heterocycles. The van der Waals surface area contributed by atoms with Gasteiger partial charge in [0.1, 0.15) is 0 Å². The Morgan fingerprint density at radius 1 is 1.42 bits per heavy atom. The number of carbonyl (C=O) groups is 1. The van der Waals surface area contributed by atoms with Crippen LogP contribution in [0.3, 0.4) is 0 Å². The van der Waals surface area contributed by atoms with E-state index in [0.29, 0.717) is 6.04 Å². The van der Waals surface area contributed by atoms with Crippen LogP contribution in [0.25, 0.3) is 0 Å². The fourth-order valence-electron chi connectivity index (χ4n) is 2.38. The zero-order valence-corrected chi connectivity index (χ0v) is 11.5. The molecular formula is C14H21N3O2. The van der Waals surface area contributed by atoms with Gasteiger partial charge < -0.3 is 15.0 Å². The van der Waals surface area contributed by atoms with E-state index in [2.05, 4.69) is 27.3 Å². The van der Waals surface area contributed by atoms with Crippen LogP contribution >= 0.6 is 0 Å². The Kier molecular flexibility index (Phi) is 4.63. The molecule has 1 aliphatic rings. The molecule has 104 valence electrons. The molecule has 1 amide bonds. The van der Waals surface area contributed by atoms with Crippen LogP contribution in [0.1, 0.15) is 12.8 Å². The molecule has 1 unspecified atom stereocenters. The van der Waals surface area contributed by atoms with Gasteiger partial charge in [0, 0.05) is 24.0 Å². The largest absolute Gasteiger partial charge is 0.453 e. The van der Waals surface area contributed by atoms with E-state index in [9.17, 15) is 4.79 Å². The van der Waals surface area contributed by atoms with Crippen molar-refractivity contribution in [1.82, 2.24) is 4.90 Å². The van der Waals surface area contributed by atoms with Crippen LogP contribution in [0.5, 0.6) is 0 Å². The summed E-state index contributed by atoms with van der Waals surface area (Å²) in [4.78, 5) is 13.5. The first-order chi connectivity index (χ1) is 9.17. The summed E-state index contributed by atoms with van der Waals surface area (Å²) >= 11 is 0. The summed E-state index contributed by atoms with van der Waals surface area (Å²) in [5.41, 5.74) is 1.76. The number of carbonyl (C=O) groups excluding carboxylic acids is 1. The Morgan fingerprint density at radius 3 is 2.95 bits per heavy atom. The third-order valence-corrected chi connectivity index (χ3v) is 3.29. The first-order valence-corrected chi connectivity index (χ1v) is 6.57. The maximum absolute atomic E-state index is 11.2. The number of ether oxygens (including phenoxy) is 1. The minimum absolute atomic E-state index is 0.449. The van der Waals surface area contributed by atoms with Gasteiger partial charge in [0.25, 0.3) is 0 Å². The fraction of sp³-hybridized carbons (Fsp3) is 0.500. The van der Waals surface area contributed by atoms with E-state index in [1.807, 2.05) is 24.3 Å². The van der Waals surface area contributed by atoms with Crippen molar-refractivity contribution in [3.8, 4) is 0 Å². The molecule has 0 bridgehead atoms. The van der Waals surface area contributed by atoms with Gasteiger partial charge in [0.05, 0.1) is 7.11 Å². The number of nitrogens with one attached hydrogen (secondary N) is 2. The lowest BCUT2D eigenvalue weighted by molar-refractivity contribution is 0.187. The molecular weight excluding hydrogens is 242 g/mol. The molecule has 1 aromatic carbocycles. The van der Waals surface area contributed by atoms with Gasteiger partial charge in [0.15, 0.2) is 0 Å². The van der Waals surface area contributed by atoms with Gasteiger partial charge in [-0.2, -0.15) is 0 Å². The monoisotopic (exact) mass is 263 g/mol. The van der Waals surface area contributed by atoms with Gasteiger partial charge in [-0.1, -0.05) is 6.07 Å². The van der Waals surface area contributed by atoms with Crippen molar-refractivity contribution >= 4 is 17.5 Å². The standard InChI is InChI=1S/C14H21N3O2/c1-17-8-4-7-13(10-17)15-11-5-3-6-12(9-11)16-14(18)19-2/h3,5-6,9,13,15H,4,7-8,10H2,1-2H3,(H,16,18). The lowest BCUT2D eigenvalue weighted by Crippen LogP contribution is -2.39. The number of amides is 1. The van der Waals surface area contributed by atoms with Gasteiger partial charge >= 0.3 is 6.09 Å². The van der Waals surface area contributed by atoms with Crippen molar-refractivity contribution in [2.24, 2.45) is 0 Å². The number of hydrogen-bond donors (Lipinski definition) is 2. The van der Waals surface area contributed by atoms with Crippen LogP contribution < -0.4 is 10.6 Å². The molecule has 0 saturated carbocycles. The van der Waals surface area contributed by atoms with Gasteiger partial charge in [-0.3, -0.25) is 5.32 Å². The molecule has 2 rings (SSSR count). The van der Waals surface area contributed by atoms with E-state index >= 15 is 0 Å². The summed E-state index contributed by atoms with van der Waals surface area (Å²) in [7, 11) is 3.50. The molecule has 1 fully saturated rings. The van der Waals surface area contributed by atoms with Gasteiger partial charge in [-0.05, 0) is 44.6 Å². The van der Waals surface area contributed by atoms with Gasteiger partial charge in [-0.25, -0.2) is 4.79 Å². The number of benzene rings is 1. The SMILES string of the molecule is COC(=O)Nc1cccc(NC2CCCN(C)C2)c1. The minimum Gasteiger partial charge on any atom is -0.453 e. The van der Waals surface area contributed by atoms with Crippen molar-refractivity contribution in [2.75, 3.05) is 37.9 Å². The number of hydrogen-bond acceptors (Lipinski definition) is 4.